The first-order valence-corrected chi connectivity index (χ1v) is 10.1. The monoisotopic (exact) mass is 410 g/mol. The van der Waals surface area contributed by atoms with E-state index in [1.807, 2.05) is 0 Å². The molecule has 0 aliphatic heterocycles. The minimum atomic E-state index is -3.79. The van der Waals surface area contributed by atoms with E-state index >= 15 is 0 Å². The summed E-state index contributed by atoms with van der Waals surface area (Å²) in [6.45, 7) is 3.02. The number of sulfonamides is 1. The van der Waals surface area contributed by atoms with Gasteiger partial charge in [0.1, 0.15) is 15.7 Å². The van der Waals surface area contributed by atoms with E-state index < -0.39 is 27.8 Å². The maximum absolute atomic E-state index is 14.1. The van der Waals surface area contributed by atoms with Crippen LogP contribution in [0.25, 0.3) is 5.69 Å². The molecule has 2 N–H and O–H groups in total. The highest BCUT2D eigenvalue weighted by atomic mass is 32.2. The van der Waals surface area contributed by atoms with Crippen LogP contribution in [-0.2, 0) is 14.8 Å². The molecule has 0 aliphatic carbocycles. The average molecular weight is 410 g/mol. The minimum Gasteiger partial charge on any atom is -0.325 e. The summed E-state index contributed by atoms with van der Waals surface area (Å²) in [7, 11) is -3.79. The number of amides is 1. The molecule has 2 heterocycles. The highest BCUT2D eigenvalue weighted by molar-refractivity contribution is 7.91. The fourth-order valence-electron chi connectivity index (χ4n) is 2.22. The lowest BCUT2D eigenvalue weighted by atomic mass is 10.2. The van der Waals surface area contributed by atoms with E-state index in [-0.39, 0.29) is 15.6 Å². The first-order valence-electron chi connectivity index (χ1n) is 7.69. The van der Waals surface area contributed by atoms with Crippen molar-refractivity contribution < 1.29 is 17.6 Å². The molecule has 2 aromatic heterocycles. The van der Waals surface area contributed by atoms with Gasteiger partial charge in [0.05, 0.1) is 6.04 Å². The number of anilines is 1. The quantitative estimate of drug-likeness (QED) is 0.635. The molecular weight excluding hydrogens is 395 g/mol. The summed E-state index contributed by atoms with van der Waals surface area (Å²) in [6.07, 6.45) is 0. The van der Waals surface area contributed by atoms with E-state index in [1.165, 1.54) is 29.8 Å². The Morgan fingerprint density at radius 1 is 1.33 bits per heavy atom. The molecule has 0 saturated carbocycles. The number of aryl methyl sites for hydroxylation is 1. The summed E-state index contributed by atoms with van der Waals surface area (Å²) in [4.78, 5) is 12.3. The zero-order chi connectivity index (χ0) is 19.6. The van der Waals surface area contributed by atoms with Crippen molar-refractivity contribution in [3.63, 3.8) is 0 Å². The smallest absolute Gasteiger partial charge is 0.250 e. The molecule has 0 aliphatic rings. The van der Waals surface area contributed by atoms with E-state index in [0.29, 0.717) is 5.82 Å². The second-order valence-electron chi connectivity index (χ2n) is 5.57. The van der Waals surface area contributed by atoms with Gasteiger partial charge in [0.2, 0.25) is 5.91 Å². The maximum atomic E-state index is 14.1. The third-order valence-electron chi connectivity index (χ3n) is 3.55. The molecule has 0 spiro atoms. The van der Waals surface area contributed by atoms with Gasteiger partial charge in [0.15, 0.2) is 5.82 Å². The van der Waals surface area contributed by atoms with E-state index in [4.69, 9.17) is 0 Å². The Kier molecular flexibility index (Phi) is 5.30. The molecule has 0 radical (unpaired) electrons. The SMILES string of the molecule is Cc1nnnn1-c1cc(NC(=O)C(C)NS(=O)(=O)c2cccs2)ccc1F. The minimum absolute atomic E-state index is 0.0575. The fraction of sp³-hybridized carbons (Fsp3) is 0.200. The number of nitrogens with zero attached hydrogens (tertiary/aromatic N) is 4. The summed E-state index contributed by atoms with van der Waals surface area (Å²) in [5, 5.41) is 15.0. The third-order valence-corrected chi connectivity index (χ3v) is 6.49. The Bertz CT molecular complexity index is 1070. The topological polar surface area (TPSA) is 119 Å². The second-order valence-corrected chi connectivity index (χ2v) is 8.46. The van der Waals surface area contributed by atoms with Crippen molar-refractivity contribution in [3.8, 4) is 5.69 Å². The maximum Gasteiger partial charge on any atom is 0.250 e. The Labute approximate surface area is 158 Å². The van der Waals surface area contributed by atoms with Crippen molar-refractivity contribution in [1.29, 1.82) is 0 Å². The molecule has 1 atom stereocenters. The van der Waals surface area contributed by atoms with Crippen LogP contribution in [0.4, 0.5) is 10.1 Å². The number of benzene rings is 1. The van der Waals surface area contributed by atoms with E-state index in [1.54, 1.807) is 18.4 Å². The Morgan fingerprint density at radius 2 is 2.11 bits per heavy atom. The van der Waals surface area contributed by atoms with Gasteiger partial charge in [-0.3, -0.25) is 4.79 Å². The molecule has 0 saturated heterocycles. The second kappa shape index (κ2) is 7.50. The number of aromatic nitrogens is 4. The number of carbonyl (C=O) groups excluding carboxylic acids is 1. The lowest BCUT2D eigenvalue weighted by molar-refractivity contribution is -0.117. The lowest BCUT2D eigenvalue weighted by Gasteiger charge is -2.14. The number of hydrogen-bond acceptors (Lipinski definition) is 7. The molecular formula is C15H15FN6O3S2. The molecule has 3 aromatic rings. The highest BCUT2D eigenvalue weighted by Crippen LogP contribution is 2.19. The van der Waals surface area contributed by atoms with Crippen LogP contribution in [-0.4, -0.2) is 40.6 Å². The van der Waals surface area contributed by atoms with Gasteiger partial charge in [0.25, 0.3) is 10.0 Å². The van der Waals surface area contributed by atoms with E-state index in [0.717, 1.165) is 17.4 Å². The molecule has 9 nitrogen and oxygen atoms in total. The molecule has 1 unspecified atom stereocenters. The summed E-state index contributed by atoms with van der Waals surface area (Å²) >= 11 is 1.05. The number of hydrogen-bond donors (Lipinski definition) is 2. The Hall–Kier alpha value is -2.70. The zero-order valence-electron chi connectivity index (χ0n) is 14.2. The van der Waals surface area contributed by atoms with Crippen molar-refractivity contribution >= 4 is 33.0 Å². The first-order chi connectivity index (χ1) is 12.8. The van der Waals surface area contributed by atoms with Crippen LogP contribution < -0.4 is 10.0 Å². The van der Waals surface area contributed by atoms with Gasteiger partial charge in [-0.2, -0.15) is 9.40 Å². The van der Waals surface area contributed by atoms with Gasteiger partial charge in [-0.15, -0.1) is 16.4 Å². The third kappa shape index (κ3) is 4.18. The summed E-state index contributed by atoms with van der Waals surface area (Å²) in [5.74, 6) is -0.801. The van der Waals surface area contributed by atoms with Gasteiger partial charge in [-0.1, -0.05) is 6.07 Å². The molecule has 1 amide bonds. The van der Waals surface area contributed by atoms with Gasteiger partial charge < -0.3 is 5.32 Å². The van der Waals surface area contributed by atoms with Crippen molar-refractivity contribution in [2.75, 3.05) is 5.32 Å². The highest BCUT2D eigenvalue weighted by Gasteiger charge is 2.23. The number of carbonyl (C=O) groups is 1. The Balaban J connectivity index is 1.75. The molecule has 12 heteroatoms. The average Bonchev–Trinajstić information content (AvgIpc) is 3.28. The first kappa shape index (κ1) is 19.1. The summed E-state index contributed by atoms with van der Waals surface area (Å²) in [6, 6.07) is 5.88. The predicted molar refractivity (Wildman–Crippen MR) is 96.6 cm³/mol. The van der Waals surface area contributed by atoms with Gasteiger partial charge in [-0.05, 0) is 53.9 Å². The van der Waals surface area contributed by atoms with Gasteiger partial charge >= 0.3 is 0 Å². The van der Waals surface area contributed by atoms with Crippen LogP contribution >= 0.6 is 11.3 Å². The predicted octanol–water partition coefficient (Wildman–Crippen LogP) is 1.48. The molecule has 0 bridgehead atoms. The van der Waals surface area contributed by atoms with Crippen LogP contribution in [0.1, 0.15) is 12.7 Å². The molecule has 0 fully saturated rings. The van der Waals surface area contributed by atoms with Crippen molar-refractivity contribution in [2.24, 2.45) is 0 Å². The van der Waals surface area contributed by atoms with Crippen LogP contribution in [0.5, 0.6) is 0 Å². The fourth-order valence-corrected chi connectivity index (χ4v) is 4.43. The summed E-state index contributed by atoms with van der Waals surface area (Å²) in [5.41, 5.74) is 0.329. The van der Waals surface area contributed by atoms with E-state index in [9.17, 15) is 17.6 Å². The molecule has 3 rings (SSSR count). The lowest BCUT2D eigenvalue weighted by Crippen LogP contribution is -2.41. The van der Waals surface area contributed by atoms with Gasteiger partial charge in [-0.25, -0.2) is 12.8 Å². The zero-order valence-corrected chi connectivity index (χ0v) is 15.9. The van der Waals surface area contributed by atoms with Crippen molar-refractivity contribution in [2.45, 2.75) is 24.1 Å². The number of rotatable bonds is 6. The molecule has 1 aromatic carbocycles. The van der Waals surface area contributed by atoms with Crippen molar-refractivity contribution in [3.05, 3.63) is 47.4 Å². The summed E-state index contributed by atoms with van der Waals surface area (Å²) < 4.78 is 42.1. The van der Waals surface area contributed by atoms with Crippen LogP contribution in [0.3, 0.4) is 0 Å². The normalized spacial score (nSPS) is 12.7. The molecule has 27 heavy (non-hydrogen) atoms. The number of thiophene rings is 1. The van der Waals surface area contributed by atoms with Gasteiger partial charge in [0, 0.05) is 5.69 Å². The molecule has 142 valence electrons. The number of halogens is 1. The largest absolute Gasteiger partial charge is 0.325 e. The van der Waals surface area contributed by atoms with Crippen LogP contribution in [0.2, 0.25) is 0 Å². The van der Waals surface area contributed by atoms with E-state index in [2.05, 4.69) is 25.6 Å². The standard InChI is InChI=1S/C15H15FN6O3S2/c1-9(19-27(24,25)14-4-3-7-26-14)15(23)17-11-5-6-12(16)13(8-11)22-10(2)18-20-21-22/h3-9,19H,1-2H3,(H,17,23). The Morgan fingerprint density at radius 3 is 2.74 bits per heavy atom. The number of tetrazole rings is 1. The van der Waals surface area contributed by atoms with Crippen LogP contribution in [0, 0.1) is 12.7 Å². The van der Waals surface area contributed by atoms with Crippen LogP contribution in [0.15, 0.2) is 39.9 Å². The van der Waals surface area contributed by atoms with Crippen molar-refractivity contribution in [1.82, 2.24) is 24.9 Å². The number of nitrogens with one attached hydrogen (secondary N) is 2.